The molecule has 106 valence electrons. The van der Waals surface area contributed by atoms with Gasteiger partial charge in [0, 0.05) is 10.9 Å². The van der Waals surface area contributed by atoms with Crippen molar-refractivity contribution >= 4 is 17.7 Å². The van der Waals surface area contributed by atoms with E-state index in [-0.39, 0.29) is 23.7 Å². The number of carbonyl (C=O) groups is 1. The van der Waals surface area contributed by atoms with Crippen molar-refractivity contribution < 1.29 is 9.53 Å². The van der Waals surface area contributed by atoms with Crippen molar-refractivity contribution in [2.75, 3.05) is 13.7 Å². The Morgan fingerprint density at radius 1 is 1.50 bits per heavy atom. The number of nitriles is 1. The summed E-state index contributed by atoms with van der Waals surface area (Å²) in [6.07, 6.45) is 2.04. The first kappa shape index (κ1) is 14.7. The standard InChI is InChI=1S/C15H18N2O2S/c1-11(15(18)17(10-9-16)12-3-4-12)20-14-7-5-13(19-2)6-8-14/h5-8,11-12H,3-4,10H2,1-2H3/t11-/m1/s1. The molecule has 0 radical (unpaired) electrons. The maximum Gasteiger partial charge on any atom is 0.236 e. The minimum Gasteiger partial charge on any atom is -0.497 e. The van der Waals surface area contributed by atoms with Gasteiger partial charge in [0.2, 0.25) is 5.91 Å². The molecule has 1 amide bonds. The lowest BCUT2D eigenvalue weighted by Gasteiger charge is -2.22. The second-order valence-electron chi connectivity index (χ2n) is 4.79. The number of thioether (sulfide) groups is 1. The Morgan fingerprint density at radius 2 is 2.15 bits per heavy atom. The van der Waals surface area contributed by atoms with E-state index in [0.717, 1.165) is 23.5 Å². The van der Waals surface area contributed by atoms with Gasteiger partial charge in [0.15, 0.2) is 0 Å². The molecule has 0 saturated heterocycles. The van der Waals surface area contributed by atoms with Gasteiger partial charge in [0.25, 0.3) is 0 Å². The normalized spacial score (nSPS) is 15.2. The van der Waals surface area contributed by atoms with Gasteiger partial charge < -0.3 is 9.64 Å². The summed E-state index contributed by atoms with van der Waals surface area (Å²) in [7, 11) is 1.63. The molecule has 2 rings (SSSR count). The van der Waals surface area contributed by atoms with E-state index in [1.54, 1.807) is 12.0 Å². The Kier molecular flexibility index (Phi) is 4.91. The van der Waals surface area contributed by atoms with Gasteiger partial charge in [-0.3, -0.25) is 4.79 Å². The molecule has 1 aliphatic carbocycles. The van der Waals surface area contributed by atoms with E-state index in [1.165, 1.54) is 11.8 Å². The summed E-state index contributed by atoms with van der Waals surface area (Å²) in [6.45, 7) is 2.08. The van der Waals surface area contributed by atoms with E-state index in [0.29, 0.717) is 0 Å². The Bertz CT molecular complexity index is 506. The summed E-state index contributed by atoms with van der Waals surface area (Å²) in [6, 6.07) is 10.0. The van der Waals surface area contributed by atoms with E-state index < -0.39 is 0 Å². The van der Waals surface area contributed by atoms with E-state index in [2.05, 4.69) is 6.07 Å². The van der Waals surface area contributed by atoms with E-state index >= 15 is 0 Å². The smallest absolute Gasteiger partial charge is 0.236 e. The molecule has 1 aliphatic rings. The maximum absolute atomic E-state index is 12.4. The van der Waals surface area contributed by atoms with Crippen LogP contribution in [-0.2, 0) is 4.79 Å². The molecule has 0 N–H and O–H groups in total. The van der Waals surface area contributed by atoms with Crippen molar-refractivity contribution in [3.05, 3.63) is 24.3 Å². The van der Waals surface area contributed by atoms with Gasteiger partial charge in [-0.15, -0.1) is 11.8 Å². The molecule has 1 saturated carbocycles. The average molecular weight is 290 g/mol. The van der Waals surface area contributed by atoms with Crippen LogP contribution < -0.4 is 4.74 Å². The summed E-state index contributed by atoms with van der Waals surface area (Å²) in [5.74, 6) is 0.854. The number of hydrogen-bond acceptors (Lipinski definition) is 4. The van der Waals surface area contributed by atoms with Crippen LogP contribution in [0.3, 0.4) is 0 Å². The lowest BCUT2D eigenvalue weighted by molar-refractivity contribution is -0.130. The predicted molar refractivity (Wildman–Crippen MR) is 78.7 cm³/mol. The number of ether oxygens (including phenoxy) is 1. The zero-order valence-electron chi connectivity index (χ0n) is 11.7. The molecule has 1 fully saturated rings. The van der Waals surface area contributed by atoms with Gasteiger partial charge in [-0.25, -0.2) is 0 Å². The van der Waals surface area contributed by atoms with Crippen LogP contribution in [0.1, 0.15) is 19.8 Å². The van der Waals surface area contributed by atoms with Crippen molar-refractivity contribution in [2.24, 2.45) is 0 Å². The monoisotopic (exact) mass is 290 g/mol. The fourth-order valence-electron chi connectivity index (χ4n) is 1.99. The first-order valence-electron chi connectivity index (χ1n) is 6.64. The van der Waals surface area contributed by atoms with Gasteiger partial charge in [-0.1, -0.05) is 0 Å². The Balaban J connectivity index is 1.97. The molecule has 4 nitrogen and oxygen atoms in total. The van der Waals surface area contributed by atoms with Crippen molar-refractivity contribution in [3.63, 3.8) is 0 Å². The van der Waals surface area contributed by atoms with Gasteiger partial charge in [-0.05, 0) is 44.0 Å². The van der Waals surface area contributed by atoms with Crippen molar-refractivity contribution in [2.45, 2.75) is 36.0 Å². The third-order valence-electron chi connectivity index (χ3n) is 3.23. The molecular formula is C15H18N2O2S. The number of rotatable bonds is 6. The summed E-state index contributed by atoms with van der Waals surface area (Å²) < 4.78 is 5.11. The summed E-state index contributed by atoms with van der Waals surface area (Å²) in [5, 5.41) is 8.64. The van der Waals surface area contributed by atoms with Gasteiger partial charge in [0.1, 0.15) is 12.3 Å². The summed E-state index contributed by atoms with van der Waals surface area (Å²) in [5.41, 5.74) is 0. The Hall–Kier alpha value is -1.67. The van der Waals surface area contributed by atoms with Crippen LogP contribution in [-0.4, -0.2) is 35.8 Å². The number of hydrogen-bond donors (Lipinski definition) is 0. The van der Waals surface area contributed by atoms with Gasteiger partial charge >= 0.3 is 0 Å². The van der Waals surface area contributed by atoms with E-state index in [1.807, 2.05) is 31.2 Å². The van der Waals surface area contributed by atoms with Crippen molar-refractivity contribution in [1.82, 2.24) is 4.90 Å². The molecule has 0 heterocycles. The highest BCUT2D eigenvalue weighted by Gasteiger charge is 2.34. The number of benzene rings is 1. The quantitative estimate of drug-likeness (QED) is 0.597. The van der Waals surface area contributed by atoms with E-state index in [4.69, 9.17) is 10.00 Å². The third-order valence-corrected chi connectivity index (χ3v) is 4.33. The number of amides is 1. The number of carbonyl (C=O) groups excluding carboxylic acids is 1. The lowest BCUT2D eigenvalue weighted by atomic mass is 10.3. The lowest BCUT2D eigenvalue weighted by Crippen LogP contribution is -2.38. The topological polar surface area (TPSA) is 53.3 Å². The van der Waals surface area contributed by atoms with E-state index in [9.17, 15) is 4.79 Å². The van der Waals surface area contributed by atoms with Gasteiger partial charge in [-0.2, -0.15) is 5.26 Å². The molecule has 1 aromatic rings. The zero-order chi connectivity index (χ0) is 14.5. The number of methoxy groups -OCH3 is 1. The zero-order valence-corrected chi connectivity index (χ0v) is 12.5. The minimum absolute atomic E-state index is 0.0508. The fraction of sp³-hybridized carbons (Fsp3) is 0.467. The molecule has 0 aliphatic heterocycles. The summed E-state index contributed by atoms with van der Waals surface area (Å²) in [4.78, 5) is 15.1. The second-order valence-corrected chi connectivity index (χ2v) is 6.21. The minimum atomic E-state index is -0.183. The van der Waals surface area contributed by atoms with Crippen LogP contribution in [0, 0.1) is 11.3 Å². The molecule has 5 heteroatoms. The van der Waals surface area contributed by atoms with Crippen molar-refractivity contribution in [3.8, 4) is 11.8 Å². The van der Waals surface area contributed by atoms with Crippen LogP contribution in [0.25, 0.3) is 0 Å². The SMILES string of the molecule is COc1ccc(S[C@H](C)C(=O)N(CC#N)C2CC2)cc1. The molecule has 1 atom stereocenters. The molecular weight excluding hydrogens is 272 g/mol. The first-order chi connectivity index (χ1) is 9.65. The van der Waals surface area contributed by atoms with Crippen LogP contribution >= 0.6 is 11.8 Å². The van der Waals surface area contributed by atoms with Crippen LogP contribution in [0.2, 0.25) is 0 Å². The third kappa shape index (κ3) is 3.67. The molecule has 0 aromatic heterocycles. The summed E-state index contributed by atoms with van der Waals surface area (Å²) >= 11 is 1.51. The molecule has 0 bridgehead atoms. The molecule has 0 unspecified atom stereocenters. The van der Waals surface area contributed by atoms with Gasteiger partial charge in [0.05, 0.1) is 18.4 Å². The average Bonchev–Trinajstić information content (AvgIpc) is 3.29. The maximum atomic E-state index is 12.4. The molecule has 1 aromatic carbocycles. The molecule has 20 heavy (non-hydrogen) atoms. The highest BCUT2D eigenvalue weighted by atomic mass is 32.2. The second kappa shape index (κ2) is 6.67. The predicted octanol–water partition coefficient (Wildman–Crippen LogP) is 2.69. The van der Waals surface area contributed by atoms with Crippen LogP contribution in [0.15, 0.2) is 29.2 Å². The Morgan fingerprint density at radius 3 is 2.65 bits per heavy atom. The fourth-order valence-corrected chi connectivity index (χ4v) is 2.93. The van der Waals surface area contributed by atoms with Crippen LogP contribution in [0.5, 0.6) is 5.75 Å². The largest absolute Gasteiger partial charge is 0.497 e. The Labute approximate surface area is 123 Å². The van der Waals surface area contributed by atoms with Crippen LogP contribution in [0.4, 0.5) is 0 Å². The molecule has 0 spiro atoms. The number of nitrogens with zero attached hydrogens (tertiary/aromatic N) is 2. The van der Waals surface area contributed by atoms with Crippen molar-refractivity contribution in [1.29, 1.82) is 5.26 Å². The highest BCUT2D eigenvalue weighted by molar-refractivity contribution is 8.00. The first-order valence-corrected chi connectivity index (χ1v) is 7.52. The highest BCUT2D eigenvalue weighted by Crippen LogP contribution is 2.31.